The molecule has 0 fully saturated rings. The maximum Gasteiger partial charge on any atom is 0.249 e. The standard InChI is InChI=1S/C15H19N3O2/c1-11(2)10-18-14(8-9-16-18)17-15(19)7-6-13-5-4-12(3)20-13/h4-9,11H,10H2,1-3H3,(H,17,19)/b7-6+. The SMILES string of the molecule is Cc1ccc(/C=C/C(=O)Nc2ccnn2CC(C)C)o1. The number of hydrogen-bond donors (Lipinski definition) is 1. The van der Waals surface area contributed by atoms with E-state index in [-0.39, 0.29) is 5.91 Å². The molecule has 0 atom stereocenters. The Kier molecular flexibility index (Phi) is 4.40. The topological polar surface area (TPSA) is 60.1 Å². The number of rotatable bonds is 5. The van der Waals surface area contributed by atoms with Gasteiger partial charge >= 0.3 is 0 Å². The van der Waals surface area contributed by atoms with Gasteiger partial charge in [-0.25, -0.2) is 4.68 Å². The third-order valence-corrected chi connectivity index (χ3v) is 2.67. The molecule has 20 heavy (non-hydrogen) atoms. The molecular weight excluding hydrogens is 254 g/mol. The molecule has 0 aromatic carbocycles. The summed E-state index contributed by atoms with van der Waals surface area (Å²) in [5.41, 5.74) is 0. The number of aromatic nitrogens is 2. The highest BCUT2D eigenvalue weighted by atomic mass is 16.3. The van der Waals surface area contributed by atoms with Crippen molar-refractivity contribution < 1.29 is 9.21 Å². The monoisotopic (exact) mass is 273 g/mol. The molecule has 2 aromatic rings. The second-order valence-corrected chi connectivity index (χ2v) is 5.06. The van der Waals surface area contributed by atoms with Gasteiger partial charge in [0.15, 0.2) is 0 Å². The summed E-state index contributed by atoms with van der Waals surface area (Å²) in [6.45, 7) is 6.84. The predicted molar refractivity (Wildman–Crippen MR) is 78.2 cm³/mol. The van der Waals surface area contributed by atoms with E-state index < -0.39 is 0 Å². The van der Waals surface area contributed by atoms with Crippen molar-refractivity contribution in [2.75, 3.05) is 5.32 Å². The third kappa shape index (κ3) is 3.85. The molecule has 5 nitrogen and oxygen atoms in total. The molecule has 106 valence electrons. The van der Waals surface area contributed by atoms with Gasteiger partial charge in [-0.2, -0.15) is 5.10 Å². The molecule has 2 rings (SSSR count). The average molecular weight is 273 g/mol. The van der Waals surface area contributed by atoms with E-state index in [0.29, 0.717) is 17.5 Å². The summed E-state index contributed by atoms with van der Waals surface area (Å²) in [6.07, 6.45) is 4.77. The molecule has 2 heterocycles. The molecule has 0 unspecified atom stereocenters. The van der Waals surface area contributed by atoms with E-state index in [9.17, 15) is 4.79 Å². The Morgan fingerprint density at radius 1 is 1.45 bits per heavy atom. The fourth-order valence-corrected chi connectivity index (χ4v) is 1.80. The number of carbonyl (C=O) groups is 1. The second-order valence-electron chi connectivity index (χ2n) is 5.06. The largest absolute Gasteiger partial charge is 0.462 e. The van der Waals surface area contributed by atoms with Crippen LogP contribution in [0, 0.1) is 12.8 Å². The zero-order valence-corrected chi connectivity index (χ0v) is 12.0. The molecule has 1 N–H and O–H groups in total. The number of anilines is 1. The zero-order chi connectivity index (χ0) is 14.5. The van der Waals surface area contributed by atoms with E-state index in [0.717, 1.165) is 12.3 Å². The number of nitrogens with one attached hydrogen (secondary N) is 1. The van der Waals surface area contributed by atoms with E-state index in [2.05, 4.69) is 24.3 Å². The lowest BCUT2D eigenvalue weighted by Crippen LogP contribution is -2.15. The minimum Gasteiger partial charge on any atom is -0.462 e. The van der Waals surface area contributed by atoms with Gasteiger partial charge in [-0.15, -0.1) is 0 Å². The molecule has 0 aliphatic rings. The summed E-state index contributed by atoms with van der Waals surface area (Å²) in [4.78, 5) is 11.8. The van der Waals surface area contributed by atoms with Gasteiger partial charge in [-0.05, 0) is 31.1 Å². The molecule has 1 amide bonds. The zero-order valence-electron chi connectivity index (χ0n) is 12.0. The van der Waals surface area contributed by atoms with Crippen LogP contribution in [0.4, 0.5) is 5.82 Å². The Labute approximate surface area is 118 Å². The van der Waals surface area contributed by atoms with Crippen LogP contribution >= 0.6 is 0 Å². The van der Waals surface area contributed by atoms with Crippen LogP contribution in [0.25, 0.3) is 6.08 Å². The van der Waals surface area contributed by atoms with Gasteiger partial charge in [0.2, 0.25) is 5.91 Å². The van der Waals surface area contributed by atoms with Gasteiger partial charge in [0.1, 0.15) is 17.3 Å². The normalized spacial score (nSPS) is 11.4. The van der Waals surface area contributed by atoms with Gasteiger partial charge in [0, 0.05) is 18.7 Å². The summed E-state index contributed by atoms with van der Waals surface area (Å²) in [5, 5.41) is 7.00. The van der Waals surface area contributed by atoms with Crippen molar-refractivity contribution in [3.05, 3.63) is 42.0 Å². The van der Waals surface area contributed by atoms with Crippen molar-refractivity contribution in [1.29, 1.82) is 0 Å². The van der Waals surface area contributed by atoms with Crippen LogP contribution in [-0.2, 0) is 11.3 Å². The number of amides is 1. The summed E-state index contributed by atoms with van der Waals surface area (Å²) >= 11 is 0. The van der Waals surface area contributed by atoms with E-state index in [1.165, 1.54) is 6.08 Å². The Balaban J connectivity index is 1.98. The smallest absolute Gasteiger partial charge is 0.249 e. The number of furan rings is 1. The molecule has 0 spiro atoms. The molecule has 5 heteroatoms. The first kappa shape index (κ1) is 14.1. The van der Waals surface area contributed by atoms with E-state index in [4.69, 9.17) is 4.42 Å². The van der Waals surface area contributed by atoms with Crippen LogP contribution in [0.2, 0.25) is 0 Å². The predicted octanol–water partition coefficient (Wildman–Crippen LogP) is 3.09. The first-order valence-corrected chi connectivity index (χ1v) is 6.62. The van der Waals surface area contributed by atoms with Crippen molar-refractivity contribution in [1.82, 2.24) is 9.78 Å². The summed E-state index contributed by atoms with van der Waals surface area (Å²) in [5.74, 6) is 2.44. The summed E-state index contributed by atoms with van der Waals surface area (Å²) in [7, 11) is 0. The first-order valence-electron chi connectivity index (χ1n) is 6.62. The van der Waals surface area contributed by atoms with E-state index in [1.807, 2.05) is 19.1 Å². The maximum atomic E-state index is 11.8. The Morgan fingerprint density at radius 3 is 2.90 bits per heavy atom. The van der Waals surface area contributed by atoms with E-state index >= 15 is 0 Å². The quantitative estimate of drug-likeness (QED) is 0.851. The lowest BCUT2D eigenvalue weighted by Gasteiger charge is -2.09. The highest BCUT2D eigenvalue weighted by Crippen LogP contribution is 2.11. The molecule has 0 radical (unpaired) electrons. The summed E-state index contributed by atoms with van der Waals surface area (Å²) in [6, 6.07) is 5.46. The molecule has 0 aliphatic carbocycles. The molecule has 0 aliphatic heterocycles. The van der Waals surface area contributed by atoms with Gasteiger partial charge in [-0.1, -0.05) is 13.8 Å². The summed E-state index contributed by atoms with van der Waals surface area (Å²) < 4.78 is 7.15. The minimum atomic E-state index is -0.204. The van der Waals surface area contributed by atoms with Crippen LogP contribution < -0.4 is 5.32 Å². The molecule has 2 aromatic heterocycles. The van der Waals surface area contributed by atoms with Crippen molar-refractivity contribution in [3.8, 4) is 0 Å². The van der Waals surface area contributed by atoms with E-state index in [1.54, 1.807) is 23.0 Å². The van der Waals surface area contributed by atoms with Crippen molar-refractivity contribution in [2.24, 2.45) is 5.92 Å². The molecular formula is C15H19N3O2. The van der Waals surface area contributed by atoms with Crippen molar-refractivity contribution in [2.45, 2.75) is 27.3 Å². The van der Waals surface area contributed by atoms with Gasteiger partial charge in [0.05, 0.1) is 6.20 Å². The van der Waals surface area contributed by atoms with Crippen LogP contribution in [0.1, 0.15) is 25.4 Å². The highest BCUT2D eigenvalue weighted by Gasteiger charge is 2.06. The lowest BCUT2D eigenvalue weighted by atomic mass is 10.2. The Hall–Kier alpha value is -2.30. The second kappa shape index (κ2) is 6.23. The number of nitrogens with zero attached hydrogens (tertiary/aromatic N) is 2. The maximum absolute atomic E-state index is 11.8. The molecule has 0 saturated carbocycles. The fraction of sp³-hybridized carbons (Fsp3) is 0.333. The third-order valence-electron chi connectivity index (χ3n) is 2.67. The van der Waals surface area contributed by atoms with Gasteiger partial charge in [-0.3, -0.25) is 4.79 Å². The molecule has 0 bridgehead atoms. The Morgan fingerprint density at radius 2 is 2.25 bits per heavy atom. The number of hydrogen-bond acceptors (Lipinski definition) is 3. The van der Waals surface area contributed by atoms with Gasteiger partial charge in [0.25, 0.3) is 0 Å². The number of carbonyl (C=O) groups excluding carboxylic acids is 1. The van der Waals surface area contributed by atoms with Crippen LogP contribution in [-0.4, -0.2) is 15.7 Å². The number of aryl methyl sites for hydroxylation is 1. The van der Waals surface area contributed by atoms with Crippen molar-refractivity contribution in [3.63, 3.8) is 0 Å². The Bertz CT molecular complexity index is 608. The van der Waals surface area contributed by atoms with Crippen LogP contribution in [0.15, 0.2) is 34.9 Å². The van der Waals surface area contributed by atoms with Crippen LogP contribution in [0.5, 0.6) is 0 Å². The molecule has 0 saturated heterocycles. The van der Waals surface area contributed by atoms with Crippen LogP contribution in [0.3, 0.4) is 0 Å². The average Bonchev–Trinajstić information content (AvgIpc) is 2.96. The first-order chi connectivity index (χ1) is 9.54. The lowest BCUT2D eigenvalue weighted by molar-refractivity contribution is -0.111. The highest BCUT2D eigenvalue weighted by molar-refractivity contribution is 6.01. The van der Waals surface area contributed by atoms with Crippen molar-refractivity contribution >= 4 is 17.8 Å². The fourth-order valence-electron chi connectivity index (χ4n) is 1.80. The van der Waals surface area contributed by atoms with Gasteiger partial charge < -0.3 is 9.73 Å². The minimum absolute atomic E-state index is 0.204.